The van der Waals surface area contributed by atoms with Crippen LogP contribution in [0.5, 0.6) is 17.2 Å². The third kappa shape index (κ3) is 4.66. The number of benzene rings is 2. The number of carbonyl (C=O) groups excluding carboxylic acids is 1. The molecule has 1 N–H and O–H groups in total. The van der Waals surface area contributed by atoms with Gasteiger partial charge in [0, 0.05) is 6.07 Å². The Morgan fingerprint density at radius 3 is 2.32 bits per heavy atom. The van der Waals surface area contributed by atoms with Gasteiger partial charge in [0.15, 0.2) is 6.10 Å². The van der Waals surface area contributed by atoms with Crippen LogP contribution in [0.3, 0.4) is 0 Å². The number of aryl methyl sites for hydroxylation is 2. The molecule has 0 aliphatic carbocycles. The molecule has 0 aliphatic rings. The van der Waals surface area contributed by atoms with Crippen LogP contribution < -0.4 is 19.5 Å². The Morgan fingerprint density at radius 1 is 1.00 bits per heavy atom. The lowest BCUT2D eigenvalue weighted by Crippen LogP contribution is -2.32. The Morgan fingerprint density at radius 2 is 1.72 bits per heavy atom. The minimum atomic E-state index is -0.599. The van der Waals surface area contributed by atoms with Crippen LogP contribution in [0.1, 0.15) is 24.5 Å². The third-order valence-electron chi connectivity index (χ3n) is 4.08. The second-order valence-electron chi connectivity index (χ2n) is 5.82. The SMILES string of the molecule is CC[C@H](Oc1ccc(C)c(C)c1)C(=O)Nc1cc(OC)ccc1OC. The first-order valence-corrected chi connectivity index (χ1v) is 8.25. The summed E-state index contributed by atoms with van der Waals surface area (Å²) in [7, 11) is 3.13. The predicted octanol–water partition coefficient (Wildman–Crippen LogP) is 4.12. The van der Waals surface area contributed by atoms with Gasteiger partial charge in [-0.1, -0.05) is 13.0 Å². The minimum Gasteiger partial charge on any atom is -0.497 e. The van der Waals surface area contributed by atoms with Crippen molar-refractivity contribution in [3.8, 4) is 17.2 Å². The zero-order chi connectivity index (χ0) is 18.4. The number of rotatable bonds is 7. The molecule has 2 rings (SSSR count). The third-order valence-corrected chi connectivity index (χ3v) is 4.08. The fraction of sp³-hybridized carbons (Fsp3) is 0.350. The number of methoxy groups -OCH3 is 2. The lowest BCUT2D eigenvalue weighted by molar-refractivity contribution is -0.122. The monoisotopic (exact) mass is 343 g/mol. The molecule has 5 heteroatoms. The molecule has 0 saturated heterocycles. The van der Waals surface area contributed by atoms with Crippen molar-refractivity contribution >= 4 is 11.6 Å². The molecule has 0 radical (unpaired) electrons. The summed E-state index contributed by atoms with van der Waals surface area (Å²) in [5.41, 5.74) is 2.86. The molecule has 0 saturated carbocycles. The summed E-state index contributed by atoms with van der Waals surface area (Å²) in [6, 6.07) is 11.1. The van der Waals surface area contributed by atoms with Crippen molar-refractivity contribution in [3.63, 3.8) is 0 Å². The standard InChI is InChI=1S/C20H25NO4/c1-6-18(25-16-8-7-13(2)14(3)11-16)20(22)21-17-12-15(23-4)9-10-19(17)24-5/h7-12,18H,6H2,1-5H3,(H,21,22)/t18-/m0/s1. The average molecular weight is 343 g/mol. The second kappa shape index (κ2) is 8.42. The summed E-state index contributed by atoms with van der Waals surface area (Å²) in [5.74, 6) is 1.66. The van der Waals surface area contributed by atoms with E-state index in [0.29, 0.717) is 29.4 Å². The van der Waals surface area contributed by atoms with E-state index >= 15 is 0 Å². The average Bonchev–Trinajstić information content (AvgIpc) is 2.62. The van der Waals surface area contributed by atoms with E-state index in [1.165, 1.54) is 5.56 Å². The molecule has 2 aromatic rings. The number of ether oxygens (including phenoxy) is 3. The van der Waals surface area contributed by atoms with Gasteiger partial charge in [-0.3, -0.25) is 4.79 Å². The van der Waals surface area contributed by atoms with Crippen molar-refractivity contribution < 1.29 is 19.0 Å². The quantitative estimate of drug-likeness (QED) is 0.822. The van der Waals surface area contributed by atoms with E-state index in [1.54, 1.807) is 32.4 Å². The molecular formula is C20H25NO4. The van der Waals surface area contributed by atoms with Crippen LogP contribution in [-0.2, 0) is 4.79 Å². The smallest absolute Gasteiger partial charge is 0.265 e. The molecule has 0 aromatic heterocycles. The van der Waals surface area contributed by atoms with Gasteiger partial charge in [0.25, 0.3) is 5.91 Å². The van der Waals surface area contributed by atoms with Crippen LogP contribution in [0, 0.1) is 13.8 Å². The highest BCUT2D eigenvalue weighted by Crippen LogP contribution is 2.29. The lowest BCUT2D eigenvalue weighted by atomic mass is 10.1. The van der Waals surface area contributed by atoms with E-state index in [0.717, 1.165) is 5.56 Å². The zero-order valence-corrected chi connectivity index (χ0v) is 15.4. The molecule has 1 atom stereocenters. The summed E-state index contributed by atoms with van der Waals surface area (Å²) in [5, 5.41) is 2.86. The highest BCUT2D eigenvalue weighted by Gasteiger charge is 2.20. The van der Waals surface area contributed by atoms with Gasteiger partial charge in [-0.25, -0.2) is 0 Å². The van der Waals surface area contributed by atoms with Crippen molar-refractivity contribution in [2.75, 3.05) is 19.5 Å². The normalized spacial score (nSPS) is 11.6. The van der Waals surface area contributed by atoms with Crippen LogP contribution in [0.4, 0.5) is 5.69 Å². The van der Waals surface area contributed by atoms with Gasteiger partial charge >= 0.3 is 0 Å². The van der Waals surface area contributed by atoms with Gasteiger partial charge in [-0.05, 0) is 55.7 Å². The van der Waals surface area contributed by atoms with Crippen LogP contribution >= 0.6 is 0 Å². The first kappa shape index (κ1) is 18.6. The van der Waals surface area contributed by atoms with Crippen LogP contribution in [-0.4, -0.2) is 26.2 Å². The van der Waals surface area contributed by atoms with Gasteiger partial charge in [0.1, 0.15) is 17.2 Å². The highest BCUT2D eigenvalue weighted by atomic mass is 16.5. The van der Waals surface area contributed by atoms with Crippen molar-refractivity contribution in [2.45, 2.75) is 33.3 Å². The molecule has 1 amide bonds. The molecule has 0 bridgehead atoms. The molecule has 134 valence electrons. The van der Waals surface area contributed by atoms with E-state index < -0.39 is 6.10 Å². The van der Waals surface area contributed by atoms with E-state index in [2.05, 4.69) is 5.32 Å². The van der Waals surface area contributed by atoms with Crippen LogP contribution in [0.2, 0.25) is 0 Å². The summed E-state index contributed by atoms with van der Waals surface area (Å²) in [6.07, 6.45) is -0.0524. The number of carbonyl (C=O) groups is 1. The fourth-order valence-corrected chi connectivity index (χ4v) is 2.40. The maximum absolute atomic E-state index is 12.6. The summed E-state index contributed by atoms with van der Waals surface area (Å²) >= 11 is 0. The second-order valence-corrected chi connectivity index (χ2v) is 5.82. The zero-order valence-electron chi connectivity index (χ0n) is 15.4. The minimum absolute atomic E-state index is 0.229. The van der Waals surface area contributed by atoms with Crippen LogP contribution in [0.25, 0.3) is 0 Å². The van der Waals surface area contributed by atoms with Crippen molar-refractivity contribution in [2.24, 2.45) is 0 Å². The lowest BCUT2D eigenvalue weighted by Gasteiger charge is -2.19. The van der Waals surface area contributed by atoms with Gasteiger partial charge in [-0.15, -0.1) is 0 Å². The van der Waals surface area contributed by atoms with Crippen molar-refractivity contribution in [1.29, 1.82) is 0 Å². The number of nitrogens with one attached hydrogen (secondary N) is 1. The number of hydrogen-bond acceptors (Lipinski definition) is 4. The Balaban J connectivity index is 2.15. The molecule has 0 heterocycles. The van der Waals surface area contributed by atoms with Gasteiger partial charge < -0.3 is 19.5 Å². The molecular weight excluding hydrogens is 318 g/mol. The first-order valence-electron chi connectivity index (χ1n) is 8.25. The Labute approximate surface area is 148 Å². The van der Waals surface area contributed by atoms with Crippen LogP contribution in [0.15, 0.2) is 36.4 Å². The predicted molar refractivity (Wildman–Crippen MR) is 98.8 cm³/mol. The Bertz CT molecular complexity index is 742. The number of hydrogen-bond donors (Lipinski definition) is 1. The number of amides is 1. The Hall–Kier alpha value is -2.69. The Kier molecular flexibility index (Phi) is 6.28. The van der Waals surface area contributed by atoms with E-state index in [9.17, 15) is 4.79 Å². The molecule has 0 fully saturated rings. The fourth-order valence-electron chi connectivity index (χ4n) is 2.40. The number of anilines is 1. The van der Waals surface area contributed by atoms with Gasteiger partial charge in [-0.2, -0.15) is 0 Å². The largest absolute Gasteiger partial charge is 0.497 e. The molecule has 2 aromatic carbocycles. The van der Waals surface area contributed by atoms with Crippen molar-refractivity contribution in [1.82, 2.24) is 0 Å². The molecule has 0 aliphatic heterocycles. The maximum atomic E-state index is 12.6. The molecule has 0 spiro atoms. The summed E-state index contributed by atoms with van der Waals surface area (Å²) in [6.45, 7) is 5.97. The molecule has 5 nitrogen and oxygen atoms in total. The van der Waals surface area contributed by atoms with E-state index in [1.807, 2.05) is 39.0 Å². The molecule has 0 unspecified atom stereocenters. The first-order chi connectivity index (χ1) is 12.0. The maximum Gasteiger partial charge on any atom is 0.265 e. The molecule has 25 heavy (non-hydrogen) atoms. The van der Waals surface area contributed by atoms with Gasteiger partial charge in [0.05, 0.1) is 19.9 Å². The van der Waals surface area contributed by atoms with Gasteiger partial charge in [0.2, 0.25) is 0 Å². The topological polar surface area (TPSA) is 56.8 Å². The van der Waals surface area contributed by atoms with E-state index in [4.69, 9.17) is 14.2 Å². The van der Waals surface area contributed by atoms with Crippen molar-refractivity contribution in [3.05, 3.63) is 47.5 Å². The summed E-state index contributed by atoms with van der Waals surface area (Å²) in [4.78, 5) is 12.6. The highest BCUT2D eigenvalue weighted by molar-refractivity contribution is 5.95. The summed E-state index contributed by atoms with van der Waals surface area (Å²) < 4.78 is 16.4. The van der Waals surface area contributed by atoms with E-state index in [-0.39, 0.29) is 5.91 Å².